The number of hydrogen-bond donors (Lipinski definition) is 1. The normalized spacial score (nSPS) is 24.4. The maximum Gasteiger partial charge on any atom is 0.123 e. The van der Waals surface area contributed by atoms with E-state index < -0.39 is 0 Å². The van der Waals surface area contributed by atoms with E-state index in [1.807, 2.05) is 0 Å². The Hall–Kier alpha value is -1.60. The van der Waals surface area contributed by atoms with E-state index in [0.29, 0.717) is 12.5 Å². The van der Waals surface area contributed by atoms with Gasteiger partial charge < -0.3 is 10.2 Å². The molecule has 0 saturated carbocycles. The third-order valence-corrected chi connectivity index (χ3v) is 3.14. The van der Waals surface area contributed by atoms with Crippen LogP contribution in [0.2, 0.25) is 0 Å². The molecule has 1 aliphatic heterocycles. The van der Waals surface area contributed by atoms with Crippen molar-refractivity contribution in [1.29, 1.82) is 5.26 Å². The largest absolute Gasteiger partial charge is 0.362 e. The Morgan fingerprint density at radius 1 is 1.41 bits per heavy atom. The zero-order valence-electron chi connectivity index (χ0n) is 9.86. The Morgan fingerprint density at radius 2 is 2.12 bits per heavy atom. The molecule has 90 valence electrons. The summed E-state index contributed by atoms with van der Waals surface area (Å²) < 4.78 is 12.9. The molecule has 0 bridgehead atoms. The minimum atomic E-state index is -0.228. The molecule has 0 spiro atoms. The minimum absolute atomic E-state index is 0.161. The topological polar surface area (TPSA) is 39.1 Å². The number of benzene rings is 1. The van der Waals surface area contributed by atoms with E-state index >= 15 is 0 Å². The van der Waals surface area contributed by atoms with Gasteiger partial charge in [-0.1, -0.05) is 0 Å². The molecule has 1 aliphatic rings. The summed E-state index contributed by atoms with van der Waals surface area (Å²) >= 11 is 0. The zero-order chi connectivity index (χ0) is 12.3. The second kappa shape index (κ2) is 5.15. The molecule has 17 heavy (non-hydrogen) atoms. The molecule has 3 nitrogen and oxygen atoms in total. The number of piperazine rings is 1. The smallest absolute Gasteiger partial charge is 0.123 e. The molecule has 2 unspecified atom stereocenters. The average Bonchev–Trinajstić information content (AvgIpc) is 2.32. The Kier molecular flexibility index (Phi) is 3.60. The standard InChI is InChI=1S/C13H16FN3/c1-10-8-16-9-13(6-7-15)17(10)12-4-2-11(14)3-5-12/h2-5,10,13,16H,6,8-9H2,1H3. The van der Waals surface area contributed by atoms with E-state index in [4.69, 9.17) is 5.26 Å². The van der Waals surface area contributed by atoms with Gasteiger partial charge in [0.1, 0.15) is 5.82 Å². The van der Waals surface area contributed by atoms with Crippen LogP contribution in [0.25, 0.3) is 0 Å². The summed E-state index contributed by atoms with van der Waals surface area (Å²) in [6.07, 6.45) is 0.481. The number of nitriles is 1. The average molecular weight is 233 g/mol. The van der Waals surface area contributed by atoms with Crippen LogP contribution in [-0.4, -0.2) is 25.2 Å². The van der Waals surface area contributed by atoms with Crippen molar-refractivity contribution in [3.8, 4) is 6.07 Å². The van der Waals surface area contributed by atoms with Crippen molar-refractivity contribution in [3.05, 3.63) is 30.1 Å². The van der Waals surface area contributed by atoms with E-state index in [-0.39, 0.29) is 11.9 Å². The van der Waals surface area contributed by atoms with Gasteiger partial charge in [-0.25, -0.2) is 4.39 Å². The van der Waals surface area contributed by atoms with Crippen molar-refractivity contribution in [3.63, 3.8) is 0 Å². The molecule has 1 aromatic carbocycles. The van der Waals surface area contributed by atoms with E-state index in [9.17, 15) is 4.39 Å². The fourth-order valence-corrected chi connectivity index (χ4v) is 2.37. The summed E-state index contributed by atoms with van der Waals surface area (Å²) in [5.41, 5.74) is 0.987. The first-order valence-corrected chi connectivity index (χ1v) is 5.84. The van der Waals surface area contributed by atoms with Gasteiger partial charge in [0.25, 0.3) is 0 Å². The van der Waals surface area contributed by atoms with Crippen LogP contribution in [0.1, 0.15) is 13.3 Å². The van der Waals surface area contributed by atoms with Gasteiger partial charge in [0.2, 0.25) is 0 Å². The van der Waals surface area contributed by atoms with Crippen LogP contribution < -0.4 is 10.2 Å². The van der Waals surface area contributed by atoms with Crippen molar-refractivity contribution in [2.45, 2.75) is 25.4 Å². The first-order chi connectivity index (χ1) is 8.22. The number of nitrogens with one attached hydrogen (secondary N) is 1. The number of anilines is 1. The van der Waals surface area contributed by atoms with Crippen molar-refractivity contribution >= 4 is 5.69 Å². The highest BCUT2D eigenvalue weighted by atomic mass is 19.1. The highest BCUT2D eigenvalue weighted by Gasteiger charge is 2.27. The highest BCUT2D eigenvalue weighted by Crippen LogP contribution is 2.23. The molecule has 1 N–H and O–H groups in total. The summed E-state index contributed by atoms with van der Waals surface area (Å²) in [6.45, 7) is 3.80. The third-order valence-electron chi connectivity index (χ3n) is 3.14. The van der Waals surface area contributed by atoms with Gasteiger partial charge in [-0.3, -0.25) is 0 Å². The van der Waals surface area contributed by atoms with Crippen LogP contribution in [0.4, 0.5) is 10.1 Å². The number of nitrogens with zero attached hydrogens (tertiary/aromatic N) is 2. The molecule has 4 heteroatoms. The molecule has 1 aromatic rings. The molecule has 2 rings (SSSR count). The summed E-state index contributed by atoms with van der Waals surface area (Å²) in [4.78, 5) is 2.21. The molecule has 0 aliphatic carbocycles. The summed E-state index contributed by atoms with van der Waals surface area (Å²) in [5, 5.41) is 12.2. The number of halogens is 1. The molecule has 2 atom stereocenters. The third kappa shape index (κ3) is 2.56. The lowest BCUT2D eigenvalue weighted by atomic mass is 10.0. The Morgan fingerprint density at radius 3 is 2.76 bits per heavy atom. The fourth-order valence-electron chi connectivity index (χ4n) is 2.37. The summed E-state index contributed by atoms with van der Waals surface area (Å²) in [7, 11) is 0. The van der Waals surface area contributed by atoms with Crippen LogP contribution in [0.3, 0.4) is 0 Å². The van der Waals surface area contributed by atoms with Crippen molar-refractivity contribution in [2.24, 2.45) is 0 Å². The van der Waals surface area contributed by atoms with Gasteiger partial charge in [0.05, 0.1) is 18.5 Å². The first-order valence-electron chi connectivity index (χ1n) is 5.84. The molecular formula is C13H16FN3. The zero-order valence-corrected chi connectivity index (χ0v) is 9.86. The van der Waals surface area contributed by atoms with E-state index in [1.165, 1.54) is 12.1 Å². The van der Waals surface area contributed by atoms with E-state index in [1.54, 1.807) is 12.1 Å². The lowest BCUT2D eigenvalue weighted by Gasteiger charge is -2.42. The number of hydrogen-bond acceptors (Lipinski definition) is 3. The van der Waals surface area contributed by atoms with Crippen molar-refractivity contribution < 1.29 is 4.39 Å². The molecule has 1 saturated heterocycles. The number of rotatable bonds is 2. The molecule has 1 heterocycles. The van der Waals surface area contributed by atoms with Gasteiger partial charge in [0.15, 0.2) is 0 Å². The second-order valence-corrected chi connectivity index (χ2v) is 4.41. The summed E-state index contributed by atoms with van der Waals surface area (Å²) in [5.74, 6) is -0.228. The molecule has 0 amide bonds. The van der Waals surface area contributed by atoms with Gasteiger partial charge >= 0.3 is 0 Å². The van der Waals surface area contributed by atoms with Crippen molar-refractivity contribution in [2.75, 3.05) is 18.0 Å². The van der Waals surface area contributed by atoms with Crippen LogP contribution in [-0.2, 0) is 0 Å². The SMILES string of the molecule is CC1CNCC(CC#N)N1c1ccc(F)cc1. The first kappa shape index (κ1) is 11.9. The van der Waals surface area contributed by atoms with E-state index in [0.717, 1.165) is 18.8 Å². The van der Waals surface area contributed by atoms with Gasteiger partial charge in [-0.15, -0.1) is 0 Å². The Balaban J connectivity index is 2.25. The van der Waals surface area contributed by atoms with Crippen LogP contribution in [0, 0.1) is 17.1 Å². The van der Waals surface area contributed by atoms with Crippen LogP contribution in [0.5, 0.6) is 0 Å². The minimum Gasteiger partial charge on any atom is -0.362 e. The monoisotopic (exact) mass is 233 g/mol. The molecule has 0 aromatic heterocycles. The fraction of sp³-hybridized carbons (Fsp3) is 0.462. The van der Waals surface area contributed by atoms with Gasteiger partial charge in [-0.2, -0.15) is 5.26 Å². The lowest BCUT2D eigenvalue weighted by molar-refractivity contribution is 0.417. The Labute approximate surface area is 101 Å². The maximum atomic E-state index is 12.9. The molecule has 1 fully saturated rings. The highest BCUT2D eigenvalue weighted by molar-refractivity contribution is 5.49. The predicted molar refractivity (Wildman–Crippen MR) is 65.2 cm³/mol. The van der Waals surface area contributed by atoms with Crippen LogP contribution >= 0.6 is 0 Å². The quantitative estimate of drug-likeness (QED) is 0.848. The van der Waals surface area contributed by atoms with Crippen molar-refractivity contribution in [1.82, 2.24) is 5.32 Å². The summed E-state index contributed by atoms with van der Waals surface area (Å²) in [6, 6.07) is 9.18. The maximum absolute atomic E-state index is 12.9. The molecular weight excluding hydrogens is 217 g/mol. The van der Waals surface area contributed by atoms with Crippen LogP contribution in [0.15, 0.2) is 24.3 Å². The second-order valence-electron chi connectivity index (χ2n) is 4.41. The lowest BCUT2D eigenvalue weighted by Crippen LogP contribution is -2.56. The van der Waals surface area contributed by atoms with Gasteiger partial charge in [-0.05, 0) is 31.2 Å². The van der Waals surface area contributed by atoms with E-state index in [2.05, 4.69) is 23.2 Å². The van der Waals surface area contributed by atoms with Gasteiger partial charge in [0, 0.05) is 24.8 Å². The molecule has 0 radical (unpaired) electrons. The predicted octanol–water partition coefficient (Wildman–Crippen LogP) is 1.91. The Bertz CT molecular complexity index is 410.